The highest BCUT2D eigenvalue weighted by molar-refractivity contribution is 6.05. The minimum atomic E-state index is -0.459. The zero-order valence-corrected chi connectivity index (χ0v) is 9.79. The fraction of sp³-hybridized carbons (Fsp3) is 0.417. The molecule has 0 bridgehead atoms. The summed E-state index contributed by atoms with van der Waals surface area (Å²) in [6, 6.07) is 6.03. The van der Waals surface area contributed by atoms with Crippen LogP contribution < -0.4 is 16.6 Å². The van der Waals surface area contributed by atoms with Crippen molar-refractivity contribution in [3.63, 3.8) is 0 Å². The van der Waals surface area contributed by atoms with Crippen molar-refractivity contribution in [2.24, 2.45) is 5.84 Å². The van der Waals surface area contributed by atoms with Crippen LogP contribution in [0.1, 0.15) is 37.9 Å². The summed E-state index contributed by atoms with van der Waals surface area (Å²) in [6.45, 7) is 5.84. The third kappa shape index (κ3) is 1.50. The molecule has 1 aromatic carbocycles. The van der Waals surface area contributed by atoms with Crippen molar-refractivity contribution in [3.8, 4) is 0 Å². The average Bonchev–Trinajstić information content (AvgIpc) is 2.49. The molecule has 1 aromatic rings. The SMILES string of the molecule is CC(NN)c1ccc2c(c1)C(C)(C)C(=O)N2. The van der Waals surface area contributed by atoms with Crippen molar-refractivity contribution in [2.45, 2.75) is 32.2 Å². The fourth-order valence-corrected chi connectivity index (χ4v) is 1.95. The highest BCUT2D eigenvalue weighted by Crippen LogP contribution is 2.38. The van der Waals surface area contributed by atoms with E-state index in [1.807, 2.05) is 39.0 Å². The molecule has 4 heteroatoms. The van der Waals surface area contributed by atoms with Gasteiger partial charge in [0.2, 0.25) is 5.91 Å². The van der Waals surface area contributed by atoms with Gasteiger partial charge in [-0.1, -0.05) is 12.1 Å². The molecule has 1 atom stereocenters. The fourth-order valence-electron chi connectivity index (χ4n) is 1.95. The van der Waals surface area contributed by atoms with Crippen LogP contribution in [-0.2, 0) is 10.2 Å². The van der Waals surface area contributed by atoms with Crippen molar-refractivity contribution in [2.75, 3.05) is 5.32 Å². The molecule has 0 fully saturated rings. The third-order valence-corrected chi connectivity index (χ3v) is 3.28. The van der Waals surface area contributed by atoms with Crippen LogP contribution in [-0.4, -0.2) is 5.91 Å². The number of nitrogens with two attached hydrogens (primary N) is 1. The van der Waals surface area contributed by atoms with Crippen LogP contribution in [0.15, 0.2) is 18.2 Å². The molecule has 86 valence electrons. The number of carbonyl (C=O) groups is 1. The van der Waals surface area contributed by atoms with Crippen LogP contribution in [0.3, 0.4) is 0 Å². The van der Waals surface area contributed by atoms with Gasteiger partial charge in [-0.05, 0) is 38.0 Å². The van der Waals surface area contributed by atoms with E-state index in [1.54, 1.807) is 0 Å². The largest absolute Gasteiger partial charge is 0.325 e. The summed E-state index contributed by atoms with van der Waals surface area (Å²) in [5.74, 6) is 5.46. The first-order valence-electron chi connectivity index (χ1n) is 5.39. The van der Waals surface area contributed by atoms with Crippen molar-refractivity contribution in [1.29, 1.82) is 0 Å². The first kappa shape index (κ1) is 11.1. The highest BCUT2D eigenvalue weighted by atomic mass is 16.2. The van der Waals surface area contributed by atoms with Crippen LogP contribution in [0.5, 0.6) is 0 Å². The molecule has 1 aliphatic rings. The molecule has 4 nitrogen and oxygen atoms in total. The predicted octanol–water partition coefficient (Wildman–Crippen LogP) is 1.44. The number of benzene rings is 1. The lowest BCUT2D eigenvalue weighted by atomic mass is 9.85. The van der Waals surface area contributed by atoms with E-state index in [9.17, 15) is 4.79 Å². The molecule has 1 aliphatic heterocycles. The van der Waals surface area contributed by atoms with E-state index >= 15 is 0 Å². The number of fused-ring (bicyclic) bond motifs is 1. The first-order chi connectivity index (χ1) is 7.46. The van der Waals surface area contributed by atoms with E-state index in [-0.39, 0.29) is 11.9 Å². The van der Waals surface area contributed by atoms with E-state index in [0.717, 1.165) is 16.8 Å². The molecular weight excluding hydrogens is 202 g/mol. The van der Waals surface area contributed by atoms with E-state index in [2.05, 4.69) is 10.7 Å². The second-order valence-corrected chi connectivity index (χ2v) is 4.77. The van der Waals surface area contributed by atoms with Crippen molar-refractivity contribution >= 4 is 11.6 Å². The van der Waals surface area contributed by atoms with Crippen LogP contribution in [0, 0.1) is 0 Å². The quantitative estimate of drug-likeness (QED) is 0.521. The molecule has 0 saturated heterocycles. The van der Waals surface area contributed by atoms with Gasteiger partial charge in [0.1, 0.15) is 0 Å². The van der Waals surface area contributed by atoms with Crippen LogP contribution in [0.2, 0.25) is 0 Å². The Morgan fingerprint density at radius 1 is 1.44 bits per heavy atom. The topological polar surface area (TPSA) is 67.1 Å². The maximum atomic E-state index is 11.8. The molecule has 0 radical (unpaired) electrons. The van der Waals surface area contributed by atoms with Crippen molar-refractivity contribution in [3.05, 3.63) is 29.3 Å². The summed E-state index contributed by atoms with van der Waals surface area (Å²) in [7, 11) is 0. The minimum Gasteiger partial charge on any atom is -0.325 e. The molecule has 1 heterocycles. The lowest BCUT2D eigenvalue weighted by Gasteiger charge is -2.17. The number of anilines is 1. The average molecular weight is 219 g/mol. The van der Waals surface area contributed by atoms with Gasteiger partial charge >= 0.3 is 0 Å². The number of amides is 1. The van der Waals surface area contributed by atoms with Gasteiger partial charge in [0, 0.05) is 11.7 Å². The monoisotopic (exact) mass is 219 g/mol. The highest BCUT2D eigenvalue weighted by Gasteiger charge is 2.38. The predicted molar refractivity (Wildman–Crippen MR) is 63.8 cm³/mol. The molecule has 4 N–H and O–H groups in total. The van der Waals surface area contributed by atoms with E-state index < -0.39 is 5.41 Å². The van der Waals surface area contributed by atoms with Crippen LogP contribution in [0.25, 0.3) is 0 Å². The molecule has 2 rings (SSSR count). The summed E-state index contributed by atoms with van der Waals surface area (Å²) in [5, 5.41) is 2.88. The Labute approximate surface area is 95.2 Å². The Balaban J connectivity index is 2.48. The summed E-state index contributed by atoms with van der Waals surface area (Å²) in [6.07, 6.45) is 0. The summed E-state index contributed by atoms with van der Waals surface area (Å²) >= 11 is 0. The Morgan fingerprint density at radius 3 is 2.75 bits per heavy atom. The molecule has 0 aliphatic carbocycles. The molecule has 16 heavy (non-hydrogen) atoms. The van der Waals surface area contributed by atoms with Crippen molar-refractivity contribution < 1.29 is 4.79 Å². The number of rotatable bonds is 2. The van der Waals surface area contributed by atoms with E-state index in [1.165, 1.54) is 0 Å². The van der Waals surface area contributed by atoms with E-state index in [0.29, 0.717) is 0 Å². The zero-order valence-electron chi connectivity index (χ0n) is 9.79. The second-order valence-electron chi connectivity index (χ2n) is 4.77. The molecule has 0 aromatic heterocycles. The normalized spacial score (nSPS) is 19.1. The van der Waals surface area contributed by atoms with Gasteiger partial charge in [0.05, 0.1) is 5.41 Å². The molecule has 1 amide bonds. The van der Waals surface area contributed by atoms with Gasteiger partial charge in [0.15, 0.2) is 0 Å². The lowest BCUT2D eigenvalue weighted by molar-refractivity contribution is -0.119. The Kier molecular flexibility index (Phi) is 2.48. The van der Waals surface area contributed by atoms with Crippen LogP contribution in [0.4, 0.5) is 5.69 Å². The number of nitrogens with one attached hydrogen (secondary N) is 2. The molecule has 0 saturated carbocycles. The summed E-state index contributed by atoms with van der Waals surface area (Å²) in [4.78, 5) is 11.8. The smallest absolute Gasteiger partial charge is 0.234 e. The maximum absolute atomic E-state index is 11.8. The molecular formula is C12H17N3O. The Bertz CT molecular complexity index is 440. The van der Waals surface area contributed by atoms with Gasteiger partial charge < -0.3 is 5.32 Å². The van der Waals surface area contributed by atoms with Gasteiger partial charge in [-0.2, -0.15) is 0 Å². The Hall–Kier alpha value is -1.39. The minimum absolute atomic E-state index is 0.0491. The first-order valence-corrected chi connectivity index (χ1v) is 5.39. The number of carbonyl (C=O) groups excluding carboxylic acids is 1. The third-order valence-electron chi connectivity index (χ3n) is 3.28. The summed E-state index contributed by atoms with van der Waals surface area (Å²) < 4.78 is 0. The van der Waals surface area contributed by atoms with Gasteiger partial charge in [0.25, 0.3) is 0 Å². The number of hydrogen-bond acceptors (Lipinski definition) is 3. The standard InChI is InChI=1S/C12H17N3O/c1-7(15-13)8-4-5-10-9(6-8)12(2,3)11(16)14-10/h4-7,15H,13H2,1-3H3,(H,14,16). The molecule has 0 spiro atoms. The van der Waals surface area contributed by atoms with Gasteiger partial charge in [-0.3, -0.25) is 16.1 Å². The summed E-state index contributed by atoms with van der Waals surface area (Å²) in [5.41, 5.74) is 5.28. The lowest BCUT2D eigenvalue weighted by Crippen LogP contribution is -2.28. The zero-order chi connectivity index (χ0) is 11.9. The number of hydrogen-bond donors (Lipinski definition) is 3. The molecule has 1 unspecified atom stereocenters. The van der Waals surface area contributed by atoms with E-state index in [4.69, 9.17) is 5.84 Å². The van der Waals surface area contributed by atoms with Gasteiger partial charge in [-0.25, -0.2) is 0 Å². The Morgan fingerprint density at radius 2 is 2.12 bits per heavy atom. The second kappa shape index (κ2) is 3.57. The van der Waals surface area contributed by atoms with Gasteiger partial charge in [-0.15, -0.1) is 0 Å². The maximum Gasteiger partial charge on any atom is 0.234 e. The number of hydrazine groups is 1. The van der Waals surface area contributed by atoms with Crippen LogP contribution >= 0.6 is 0 Å². The van der Waals surface area contributed by atoms with Crippen molar-refractivity contribution in [1.82, 2.24) is 5.43 Å².